The van der Waals surface area contributed by atoms with Crippen LogP contribution in [-0.2, 0) is 19.1 Å². The normalized spacial score (nSPS) is 20.6. The molecular weight excluding hydrogens is 384 g/mol. The fraction of sp³-hybridized carbons (Fsp3) is 0.591. The number of imide groups is 1. The van der Waals surface area contributed by atoms with Crippen LogP contribution in [0.1, 0.15) is 33.6 Å². The van der Waals surface area contributed by atoms with Gasteiger partial charge in [-0.25, -0.2) is 0 Å². The lowest BCUT2D eigenvalue weighted by Gasteiger charge is -2.36. The van der Waals surface area contributed by atoms with Gasteiger partial charge >= 0.3 is 5.97 Å². The summed E-state index contributed by atoms with van der Waals surface area (Å²) >= 11 is 0. The molecule has 2 heterocycles. The van der Waals surface area contributed by atoms with E-state index < -0.39 is 5.60 Å². The number of hydrogen-bond acceptors (Lipinski definition) is 7. The maximum Gasteiger partial charge on any atom is 0.320 e. The Morgan fingerprint density at radius 3 is 2.60 bits per heavy atom. The first-order valence-electron chi connectivity index (χ1n) is 10.6. The maximum atomic E-state index is 12.0. The highest BCUT2D eigenvalue weighted by Crippen LogP contribution is 2.22. The van der Waals surface area contributed by atoms with E-state index in [0.29, 0.717) is 25.9 Å². The molecule has 2 aliphatic heterocycles. The highest BCUT2D eigenvalue weighted by Gasteiger charge is 2.26. The molecule has 2 aliphatic rings. The van der Waals surface area contributed by atoms with Crippen molar-refractivity contribution in [2.75, 3.05) is 49.5 Å². The van der Waals surface area contributed by atoms with Gasteiger partial charge in [0.15, 0.2) is 0 Å². The number of nitrogens with one attached hydrogen (secondary N) is 2. The lowest BCUT2D eigenvalue weighted by Crippen LogP contribution is -2.48. The van der Waals surface area contributed by atoms with Gasteiger partial charge in [-0.05, 0) is 45.4 Å². The van der Waals surface area contributed by atoms with Crippen LogP contribution >= 0.6 is 0 Å². The fourth-order valence-electron chi connectivity index (χ4n) is 3.71. The molecule has 0 bridgehead atoms. The molecule has 8 nitrogen and oxygen atoms in total. The number of anilines is 2. The molecule has 2 amide bonds. The maximum absolute atomic E-state index is 12.0. The summed E-state index contributed by atoms with van der Waals surface area (Å²) in [6, 6.07) is 8.12. The quantitative estimate of drug-likeness (QED) is 0.538. The molecule has 0 saturated carbocycles. The summed E-state index contributed by atoms with van der Waals surface area (Å²) in [5.41, 5.74) is 1.61. The molecule has 0 aromatic heterocycles. The first kappa shape index (κ1) is 22.1. The largest absolute Gasteiger partial charge is 0.459 e. The summed E-state index contributed by atoms with van der Waals surface area (Å²) in [4.78, 5) is 39.6. The zero-order valence-electron chi connectivity index (χ0n) is 18.1. The number of nitrogens with zero attached hydrogens (tertiary/aromatic N) is 2. The molecule has 8 heteroatoms. The van der Waals surface area contributed by atoms with Gasteiger partial charge < -0.3 is 15.0 Å². The molecule has 0 spiro atoms. The van der Waals surface area contributed by atoms with Crippen LogP contribution in [0.3, 0.4) is 0 Å². The molecule has 3 rings (SSSR count). The number of ether oxygens (including phenoxy) is 1. The van der Waals surface area contributed by atoms with Crippen LogP contribution in [0, 0.1) is 5.92 Å². The van der Waals surface area contributed by atoms with Gasteiger partial charge in [0.25, 0.3) is 0 Å². The summed E-state index contributed by atoms with van der Waals surface area (Å²) < 4.78 is 5.41. The molecule has 0 unspecified atom stereocenters. The molecule has 1 atom stereocenters. The van der Waals surface area contributed by atoms with Crippen molar-refractivity contribution < 1.29 is 19.1 Å². The molecular formula is C22H32N4O4. The van der Waals surface area contributed by atoms with Crippen LogP contribution in [0.5, 0.6) is 0 Å². The highest BCUT2D eigenvalue weighted by molar-refractivity contribution is 5.98. The Hall–Kier alpha value is -2.61. The average Bonchev–Trinajstić information content (AvgIpc) is 2.66. The van der Waals surface area contributed by atoms with E-state index in [1.165, 1.54) is 0 Å². The third-order valence-corrected chi connectivity index (χ3v) is 5.26. The number of benzene rings is 1. The number of piperidine rings is 1. The van der Waals surface area contributed by atoms with Gasteiger partial charge in [0.1, 0.15) is 5.60 Å². The Bertz CT molecular complexity index is 782. The van der Waals surface area contributed by atoms with Crippen LogP contribution < -0.4 is 15.5 Å². The Labute approximate surface area is 177 Å². The van der Waals surface area contributed by atoms with Gasteiger partial charge in [0, 0.05) is 50.5 Å². The van der Waals surface area contributed by atoms with Crippen LogP contribution in [0.25, 0.3) is 0 Å². The summed E-state index contributed by atoms with van der Waals surface area (Å²) in [6.45, 7) is 9.72. The van der Waals surface area contributed by atoms with Gasteiger partial charge in [-0.2, -0.15) is 0 Å². The molecule has 30 heavy (non-hydrogen) atoms. The van der Waals surface area contributed by atoms with E-state index in [4.69, 9.17) is 4.74 Å². The first-order chi connectivity index (χ1) is 14.2. The molecule has 164 valence electrons. The third kappa shape index (κ3) is 6.45. The molecule has 0 radical (unpaired) electrons. The number of carbonyl (C=O) groups excluding carboxylic acids is 3. The van der Waals surface area contributed by atoms with Crippen LogP contribution in [0.4, 0.5) is 11.4 Å². The van der Waals surface area contributed by atoms with Crippen molar-refractivity contribution in [1.82, 2.24) is 10.2 Å². The third-order valence-electron chi connectivity index (χ3n) is 5.26. The average molecular weight is 417 g/mol. The highest BCUT2D eigenvalue weighted by atomic mass is 16.6. The number of rotatable bonds is 6. The van der Waals surface area contributed by atoms with E-state index in [-0.39, 0.29) is 23.7 Å². The smallest absolute Gasteiger partial charge is 0.320 e. The molecule has 1 aromatic carbocycles. The Kier molecular flexibility index (Phi) is 6.97. The Balaban J connectivity index is 1.48. The minimum atomic E-state index is -0.458. The van der Waals surface area contributed by atoms with Crippen LogP contribution in [0.2, 0.25) is 0 Å². The minimum absolute atomic E-state index is 0.185. The monoisotopic (exact) mass is 416 g/mol. The number of hydrogen-bond donors (Lipinski definition) is 2. The van der Waals surface area contributed by atoms with Crippen molar-refractivity contribution in [3.63, 3.8) is 0 Å². The van der Waals surface area contributed by atoms with Gasteiger partial charge in [-0.15, -0.1) is 0 Å². The predicted molar refractivity (Wildman–Crippen MR) is 115 cm³/mol. The molecule has 0 aliphatic carbocycles. The number of amides is 2. The van der Waals surface area contributed by atoms with Gasteiger partial charge in [-0.1, -0.05) is 6.07 Å². The van der Waals surface area contributed by atoms with E-state index >= 15 is 0 Å². The zero-order chi connectivity index (χ0) is 21.7. The molecule has 2 fully saturated rings. The lowest BCUT2D eigenvalue weighted by atomic mass is 9.98. The fourth-order valence-corrected chi connectivity index (χ4v) is 3.71. The minimum Gasteiger partial charge on any atom is -0.459 e. The van der Waals surface area contributed by atoms with E-state index in [9.17, 15) is 14.4 Å². The summed E-state index contributed by atoms with van der Waals surface area (Å²) in [5, 5.41) is 5.72. The van der Waals surface area contributed by atoms with Gasteiger partial charge in [0.2, 0.25) is 11.8 Å². The van der Waals surface area contributed by atoms with Crippen molar-refractivity contribution >= 4 is 29.2 Å². The second-order valence-electron chi connectivity index (χ2n) is 8.93. The van der Waals surface area contributed by atoms with Gasteiger partial charge in [-0.3, -0.25) is 24.6 Å². The van der Waals surface area contributed by atoms with Crippen molar-refractivity contribution in [2.24, 2.45) is 5.92 Å². The van der Waals surface area contributed by atoms with E-state index in [1.807, 2.05) is 32.9 Å². The Morgan fingerprint density at radius 1 is 1.20 bits per heavy atom. The number of carbonyl (C=O) groups is 3. The molecule has 1 aromatic rings. The second-order valence-corrected chi connectivity index (χ2v) is 8.93. The van der Waals surface area contributed by atoms with E-state index in [2.05, 4.69) is 32.6 Å². The van der Waals surface area contributed by atoms with Crippen LogP contribution in [0.15, 0.2) is 24.3 Å². The zero-order valence-corrected chi connectivity index (χ0v) is 18.1. The van der Waals surface area contributed by atoms with Crippen molar-refractivity contribution in [3.05, 3.63) is 24.3 Å². The summed E-state index contributed by atoms with van der Waals surface area (Å²) in [6.07, 6.45) is 0.975. The number of esters is 1. The predicted octanol–water partition coefficient (Wildman–Crippen LogP) is 1.62. The summed E-state index contributed by atoms with van der Waals surface area (Å²) in [7, 11) is 0. The Morgan fingerprint density at radius 2 is 1.93 bits per heavy atom. The van der Waals surface area contributed by atoms with E-state index in [1.54, 1.807) is 0 Å². The van der Waals surface area contributed by atoms with E-state index in [0.717, 1.165) is 37.6 Å². The lowest BCUT2D eigenvalue weighted by molar-refractivity contribution is -0.156. The van der Waals surface area contributed by atoms with Crippen molar-refractivity contribution in [1.29, 1.82) is 0 Å². The SMILES string of the molecule is CC(C)(C)OC(=O)CN1CCN(c2cccc(NC[C@H]3CCC(=O)NC3=O)c2)CC1. The van der Waals surface area contributed by atoms with Crippen LogP contribution in [-0.4, -0.2) is 67.6 Å². The number of piperazine rings is 1. The standard InChI is InChI=1S/C22H32N4O4/c1-22(2,3)30-20(28)15-25-9-11-26(12-10-25)18-6-4-5-17(13-18)23-14-16-7-8-19(27)24-21(16)29/h4-6,13,16,23H,7-12,14-15H2,1-3H3,(H,24,27,29)/t16-/m1/s1. The molecule has 2 saturated heterocycles. The summed E-state index contributed by atoms with van der Waals surface area (Å²) in [5.74, 6) is -0.765. The second kappa shape index (κ2) is 9.47. The van der Waals surface area contributed by atoms with Crippen molar-refractivity contribution in [2.45, 2.75) is 39.2 Å². The molecule has 2 N–H and O–H groups in total. The topological polar surface area (TPSA) is 91.0 Å². The van der Waals surface area contributed by atoms with Crippen molar-refractivity contribution in [3.8, 4) is 0 Å². The van der Waals surface area contributed by atoms with Gasteiger partial charge in [0.05, 0.1) is 12.5 Å². The first-order valence-corrected chi connectivity index (χ1v) is 10.6.